The number of carbonyl (C=O) groups is 1. The molecule has 12 heteroatoms. The quantitative estimate of drug-likeness (QED) is 0.102. The first-order valence-electron chi connectivity index (χ1n) is 19.6. The number of alkyl halides is 1. The van der Waals surface area contributed by atoms with Crippen molar-refractivity contribution in [3.05, 3.63) is 95.4 Å². The van der Waals surface area contributed by atoms with Crippen LogP contribution in [0.1, 0.15) is 101 Å². The fourth-order valence-electron chi connectivity index (χ4n) is 7.80. The first-order valence-corrected chi connectivity index (χ1v) is 19.6. The van der Waals surface area contributed by atoms with E-state index in [2.05, 4.69) is 61.8 Å². The van der Waals surface area contributed by atoms with E-state index in [1.807, 2.05) is 73.1 Å². The lowest BCUT2D eigenvalue weighted by Crippen LogP contribution is -2.79. The highest BCUT2D eigenvalue weighted by Gasteiger charge is 2.31. The Bertz CT molecular complexity index is 1980. The van der Waals surface area contributed by atoms with Crippen molar-refractivity contribution in [2.75, 3.05) is 24.5 Å². The van der Waals surface area contributed by atoms with Crippen molar-refractivity contribution in [2.45, 2.75) is 104 Å². The topological polar surface area (TPSA) is 127 Å². The van der Waals surface area contributed by atoms with Crippen molar-refractivity contribution in [1.82, 2.24) is 30.1 Å². The second-order valence-corrected chi connectivity index (χ2v) is 16.2. The summed E-state index contributed by atoms with van der Waals surface area (Å²) in [4.78, 5) is 18.3. The molecule has 2 fully saturated rings. The van der Waals surface area contributed by atoms with E-state index in [9.17, 15) is 9.18 Å². The molecule has 5 N–H and O–H groups in total. The molecule has 2 aliphatic heterocycles. The van der Waals surface area contributed by atoms with Crippen LogP contribution in [0.2, 0.25) is 0 Å². The number of nitrogens with one attached hydrogen (secondary N) is 3. The number of hydrogen-bond acceptors (Lipinski definition) is 7. The van der Waals surface area contributed by atoms with Crippen LogP contribution < -0.4 is 25.6 Å². The number of carbonyl (C=O) groups excluding carboxylic acids is 1. The molecule has 2 aromatic heterocycles. The van der Waals surface area contributed by atoms with Gasteiger partial charge < -0.3 is 20.4 Å². The van der Waals surface area contributed by atoms with E-state index in [-0.39, 0.29) is 18.2 Å². The van der Waals surface area contributed by atoms with Gasteiger partial charge >= 0.3 is 6.03 Å². The lowest BCUT2D eigenvalue weighted by molar-refractivity contribution is -0.522. The Morgan fingerprint density at radius 1 is 0.981 bits per heavy atom. The monoisotopic (exact) mass is 736 g/mol. The lowest BCUT2D eigenvalue weighted by atomic mass is 9.85. The summed E-state index contributed by atoms with van der Waals surface area (Å²) in [5.74, 6) is 2.14. The number of quaternary nitrogens is 1. The number of nitrogens with zero attached hydrogens (tertiary/aromatic N) is 5. The van der Waals surface area contributed by atoms with Crippen molar-refractivity contribution < 1.29 is 19.2 Å². The molecular formula is C42H55FN9O2+. The Hall–Kier alpha value is -4.81. The van der Waals surface area contributed by atoms with Crippen LogP contribution in [0.3, 0.4) is 0 Å². The molecule has 7 rings (SSSR count). The zero-order valence-corrected chi connectivity index (χ0v) is 32.0. The number of halogens is 1. The predicted molar refractivity (Wildman–Crippen MR) is 210 cm³/mol. The van der Waals surface area contributed by atoms with E-state index in [0.29, 0.717) is 36.8 Å². The number of aromatic nitrogens is 3. The van der Waals surface area contributed by atoms with Gasteiger partial charge in [0.25, 0.3) is 0 Å². The van der Waals surface area contributed by atoms with Crippen LogP contribution in [0.5, 0.6) is 5.75 Å². The third kappa shape index (κ3) is 8.93. The molecule has 2 aromatic carbocycles. The maximum Gasteiger partial charge on any atom is 0.323 e. The summed E-state index contributed by atoms with van der Waals surface area (Å²) >= 11 is 0. The molecule has 1 aliphatic carbocycles. The number of rotatable bonds is 10. The van der Waals surface area contributed by atoms with Crippen LogP contribution >= 0.6 is 0 Å². The molecule has 2 saturated heterocycles. The minimum absolute atomic E-state index is 0.180. The Kier molecular flexibility index (Phi) is 11.3. The zero-order chi connectivity index (χ0) is 37.8. The normalized spacial score (nSPS) is 21.5. The molecule has 2 amide bonds. The van der Waals surface area contributed by atoms with E-state index in [4.69, 9.17) is 10.1 Å². The number of fused-ring (bicyclic) bond motifs is 2. The SMILES string of the molecule is CC1CCCCN1c1nnc2ccc(OC3CCC(NC(=O)NC(=CC(=N)C(C)(C)C)[NH2+]c4cccc(CN5CCC(F)CC5)c4)c4ccccc43)cn12. The van der Waals surface area contributed by atoms with E-state index in [1.54, 1.807) is 6.08 Å². The molecule has 11 nitrogen and oxygen atoms in total. The fraction of sp³-hybridized carbons (Fsp3) is 0.476. The van der Waals surface area contributed by atoms with Crippen molar-refractivity contribution in [3.63, 3.8) is 0 Å². The summed E-state index contributed by atoms with van der Waals surface area (Å²) in [5.41, 5.74) is 4.93. The van der Waals surface area contributed by atoms with Crippen LogP contribution in [-0.2, 0) is 6.54 Å². The van der Waals surface area contributed by atoms with Crippen LogP contribution in [-0.4, -0.2) is 63.1 Å². The predicted octanol–water partition coefficient (Wildman–Crippen LogP) is 7.10. The number of anilines is 1. The number of urea groups is 1. The van der Waals surface area contributed by atoms with Gasteiger partial charge in [0, 0.05) is 55.5 Å². The number of nitrogens with two attached hydrogens (primary N) is 1. The molecule has 0 bridgehead atoms. The van der Waals surface area contributed by atoms with Gasteiger partial charge in [0.2, 0.25) is 11.8 Å². The van der Waals surface area contributed by atoms with Gasteiger partial charge in [-0.3, -0.25) is 19.9 Å². The minimum atomic E-state index is -0.704. The van der Waals surface area contributed by atoms with Gasteiger partial charge in [-0.25, -0.2) is 9.18 Å². The fourth-order valence-corrected chi connectivity index (χ4v) is 7.80. The van der Waals surface area contributed by atoms with E-state index >= 15 is 0 Å². The third-order valence-electron chi connectivity index (χ3n) is 11.0. The van der Waals surface area contributed by atoms with Gasteiger partial charge in [0.1, 0.15) is 23.7 Å². The summed E-state index contributed by atoms with van der Waals surface area (Å²) < 4.78 is 22.4. The third-order valence-corrected chi connectivity index (χ3v) is 11.0. The first-order chi connectivity index (χ1) is 26.0. The second kappa shape index (κ2) is 16.3. The average molecular weight is 737 g/mol. The van der Waals surface area contributed by atoms with Gasteiger partial charge in [0.05, 0.1) is 12.2 Å². The minimum Gasteiger partial charge on any atom is -0.484 e. The maximum atomic E-state index is 13.7. The molecule has 0 saturated carbocycles. The van der Waals surface area contributed by atoms with Gasteiger partial charge in [-0.2, -0.15) is 0 Å². The maximum absolute atomic E-state index is 13.7. The number of allylic oxidation sites excluding steroid dienone is 1. The van der Waals surface area contributed by atoms with Crippen LogP contribution in [0, 0.1) is 10.8 Å². The van der Waals surface area contributed by atoms with Gasteiger partial charge in [-0.15, -0.1) is 10.2 Å². The Morgan fingerprint density at radius 2 is 1.78 bits per heavy atom. The van der Waals surface area contributed by atoms with Gasteiger partial charge in [-0.05, 0) is 86.8 Å². The summed E-state index contributed by atoms with van der Waals surface area (Å²) in [7, 11) is 0. The Morgan fingerprint density at radius 3 is 2.56 bits per heavy atom. The molecule has 4 heterocycles. The molecule has 3 unspecified atom stereocenters. The Balaban J connectivity index is 1.04. The summed E-state index contributed by atoms with van der Waals surface area (Å²) in [6.45, 7) is 11.4. The average Bonchev–Trinajstić information content (AvgIpc) is 3.56. The first kappa shape index (κ1) is 37.5. The number of piperidine rings is 2. The number of pyridine rings is 1. The highest BCUT2D eigenvalue weighted by molar-refractivity contribution is 5.97. The van der Waals surface area contributed by atoms with Gasteiger partial charge in [0.15, 0.2) is 5.65 Å². The number of ether oxygens (including phenoxy) is 1. The molecular weight excluding hydrogens is 682 g/mol. The van der Waals surface area contributed by atoms with Crippen LogP contribution in [0.25, 0.3) is 5.65 Å². The van der Waals surface area contributed by atoms with Crippen LogP contribution in [0.15, 0.2) is 78.8 Å². The Labute approximate surface area is 317 Å². The van der Waals surface area contributed by atoms with E-state index in [0.717, 1.165) is 85.2 Å². The summed E-state index contributed by atoms with van der Waals surface area (Å²) in [6, 6.07) is 20.1. The van der Waals surface area contributed by atoms with E-state index in [1.165, 1.54) is 6.42 Å². The van der Waals surface area contributed by atoms with Crippen molar-refractivity contribution in [2.24, 2.45) is 5.41 Å². The highest BCUT2D eigenvalue weighted by atomic mass is 19.1. The molecule has 286 valence electrons. The zero-order valence-electron chi connectivity index (χ0n) is 32.0. The molecule has 54 heavy (non-hydrogen) atoms. The van der Waals surface area contributed by atoms with Crippen LogP contribution in [0.4, 0.5) is 20.8 Å². The second-order valence-electron chi connectivity index (χ2n) is 16.2. The highest BCUT2D eigenvalue weighted by Crippen LogP contribution is 2.39. The molecule has 0 spiro atoms. The standard InChI is InChI=1S/C42H54FN9O2/c1-28-10-7-8-21-51(28)41-49-48-39-18-15-32(27-52(39)41)54-36-17-16-35(33-13-5-6-14-34(33)36)46-40(53)47-38(25-37(44)42(2,3)4)45-31-12-9-11-29(24-31)26-50-22-19-30(43)20-23-50/h5-6,9,11-15,18,24-25,27-28,30,35-36,44-45H,7-8,10,16-17,19-23,26H2,1-4H3,(H2,46,47,53)/p+1. The summed E-state index contributed by atoms with van der Waals surface area (Å²) in [5, 5.41) is 25.9. The number of hydrogen-bond donors (Lipinski definition) is 4. The van der Waals surface area contributed by atoms with Crippen molar-refractivity contribution >= 4 is 29.0 Å². The smallest absolute Gasteiger partial charge is 0.323 e. The number of likely N-dealkylation sites (tertiary alicyclic amines) is 1. The van der Waals surface area contributed by atoms with Gasteiger partial charge in [-0.1, -0.05) is 57.2 Å². The lowest BCUT2D eigenvalue weighted by Gasteiger charge is -2.33. The van der Waals surface area contributed by atoms with E-state index < -0.39 is 11.6 Å². The number of amides is 2. The largest absolute Gasteiger partial charge is 0.484 e. The van der Waals surface area contributed by atoms with Crippen molar-refractivity contribution in [3.8, 4) is 5.75 Å². The number of benzene rings is 2. The molecule has 3 aliphatic rings. The molecule has 4 aromatic rings. The molecule has 0 radical (unpaired) electrons. The van der Waals surface area contributed by atoms with Crippen molar-refractivity contribution in [1.29, 1.82) is 5.41 Å². The summed E-state index contributed by atoms with van der Waals surface area (Å²) in [6.07, 6.45) is 8.94. The molecule has 3 atom stereocenters.